The highest BCUT2D eigenvalue weighted by molar-refractivity contribution is 6.05. The molecule has 3 heterocycles. The number of nitrogens with one attached hydrogen (secondary N) is 2. The summed E-state index contributed by atoms with van der Waals surface area (Å²) in [5, 5.41) is 5.66. The number of nitrogens with two attached hydrogens (primary N) is 1. The second-order valence-electron chi connectivity index (χ2n) is 7.38. The van der Waals surface area contributed by atoms with Crippen molar-refractivity contribution in [2.24, 2.45) is 0 Å². The fourth-order valence-corrected chi connectivity index (χ4v) is 3.69. The molecule has 0 bridgehead atoms. The third kappa shape index (κ3) is 3.86. The summed E-state index contributed by atoms with van der Waals surface area (Å²) in [6.45, 7) is 6.35. The maximum Gasteiger partial charge on any atom is 0.232 e. The van der Waals surface area contributed by atoms with E-state index in [1.54, 1.807) is 0 Å². The third-order valence-electron chi connectivity index (χ3n) is 5.21. The Labute approximate surface area is 168 Å². The van der Waals surface area contributed by atoms with E-state index in [0.717, 1.165) is 11.1 Å². The van der Waals surface area contributed by atoms with Gasteiger partial charge >= 0.3 is 0 Å². The largest absolute Gasteiger partial charge is 0.383 e. The Bertz CT molecular complexity index is 971. The van der Waals surface area contributed by atoms with Crippen molar-refractivity contribution in [3.05, 3.63) is 34.9 Å². The number of hydrogen-bond acceptors (Lipinski definition) is 7. The Morgan fingerprint density at radius 2 is 2.03 bits per heavy atom. The molecule has 152 valence electrons. The van der Waals surface area contributed by atoms with Crippen LogP contribution in [0.1, 0.15) is 29.0 Å². The number of morpholine rings is 1. The van der Waals surface area contributed by atoms with Crippen molar-refractivity contribution >= 4 is 35.1 Å². The van der Waals surface area contributed by atoms with Crippen LogP contribution in [0.3, 0.4) is 0 Å². The Morgan fingerprint density at radius 1 is 1.28 bits per heavy atom. The van der Waals surface area contributed by atoms with Gasteiger partial charge in [-0.05, 0) is 25.5 Å². The summed E-state index contributed by atoms with van der Waals surface area (Å²) in [6.07, 6.45) is -0.00575. The molecular formula is C20H24N6O3. The lowest BCUT2D eigenvalue weighted by Gasteiger charge is -2.30. The van der Waals surface area contributed by atoms with E-state index < -0.39 is 5.92 Å². The first kappa shape index (κ1) is 19.1. The zero-order valence-electron chi connectivity index (χ0n) is 16.5. The van der Waals surface area contributed by atoms with Gasteiger partial charge in [-0.25, -0.2) is 0 Å². The van der Waals surface area contributed by atoms with Crippen LogP contribution < -0.4 is 21.3 Å². The predicted octanol–water partition coefficient (Wildman–Crippen LogP) is 1.58. The Kier molecular flexibility index (Phi) is 5.06. The van der Waals surface area contributed by atoms with Gasteiger partial charge in [0.1, 0.15) is 11.6 Å². The minimum absolute atomic E-state index is 0.00575. The molecule has 2 aliphatic heterocycles. The molecule has 4 rings (SSSR count). The average Bonchev–Trinajstić information content (AvgIpc) is 2.69. The molecule has 4 N–H and O–H groups in total. The summed E-state index contributed by atoms with van der Waals surface area (Å²) in [5.41, 5.74) is 9.45. The first-order valence-electron chi connectivity index (χ1n) is 9.60. The van der Waals surface area contributed by atoms with Crippen LogP contribution in [0.25, 0.3) is 0 Å². The van der Waals surface area contributed by atoms with Gasteiger partial charge in [-0.15, -0.1) is 0 Å². The summed E-state index contributed by atoms with van der Waals surface area (Å²) in [4.78, 5) is 36.1. The van der Waals surface area contributed by atoms with Crippen LogP contribution in [0.5, 0.6) is 0 Å². The molecule has 9 heteroatoms. The highest BCUT2D eigenvalue weighted by Crippen LogP contribution is 2.36. The van der Waals surface area contributed by atoms with Crippen LogP contribution in [0.2, 0.25) is 0 Å². The second-order valence-corrected chi connectivity index (χ2v) is 7.38. The molecule has 2 aromatic rings. The predicted molar refractivity (Wildman–Crippen MR) is 110 cm³/mol. The summed E-state index contributed by atoms with van der Waals surface area (Å²) in [7, 11) is 0. The highest BCUT2D eigenvalue weighted by atomic mass is 16.5. The van der Waals surface area contributed by atoms with Crippen molar-refractivity contribution in [1.29, 1.82) is 0 Å². The normalized spacial score (nSPS) is 18.8. The van der Waals surface area contributed by atoms with Gasteiger partial charge in [0.2, 0.25) is 17.8 Å². The number of hydrogen-bond donors (Lipinski definition) is 3. The fraction of sp³-hybridized carbons (Fsp3) is 0.400. The number of nitrogen functional groups attached to an aromatic ring is 1. The van der Waals surface area contributed by atoms with Crippen LogP contribution in [-0.2, 0) is 14.3 Å². The maximum absolute atomic E-state index is 13.0. The van der Waals surface area contributed by atoms with Crippen molar-refractivity contribution in [1.82, 2.24) is 9.97 Å². The van der Waals surface area contributed by atoms with Crippen LogP contribution >= 0.6 is 0 Å². The van der Waals surface area contributed by atoms with Crippen molar-refractivity contribution < 1.29 is 14.3 Å². The van der Waals surface area contributed by atoms with Crippen LogP contribution in [0.4, 0.5) is 23.3 Å². The van der Waals surface area contributed by atoms with Crippen molar-refractivity contribution in [3.8, 4) is 0 Å². The van der Waals surface area contributed by atoms with Gasteiger partial charge in [-0.1, -0.05) is 17.7 Å². The molecule has 1 atom stereocenters. The van der Waals surface area contributed by atoms with Crippen molar-refractivity contribution in [2.45, 2.75) is 26.2 Å². The van der Waals surface area contributed by atoms with E-state index >= 15 is 0 Å². The Morgan fingerprint density at radius 3 is 2.76 bits per heavy atom. The van der Waals surface area contributed by atoms with E-state index in [-0.39, 0.29) is 24.1 Å². The maximum atomic E-state index is 13.0. The summed E-state index contributed by atoms with van der Waals surface area (Å²) in [6, 6.07) is 5.77. The van der Waals surface area contributed by atoms with E-state index in [1.165, 1.54) is 0 Å². The molecule has 1 aromatic carbocycles. The quantitative estimate of drug-likeness (QED) is 0.720. The van der Waals surface area contributed by atoms with E-state index in [9.17, 15) is 9.59 Å². The van der Waals surface area contributed by atoms with E-state index in [2.05, 4.69) is 20.6 Å². The minimum atomic E-state index is -0.752. The molecule has 2 aliphatic rings. The Balaban J connectivity index is 1.64. The molecule has 0 unspecified atom stereocenters. The molecular weight excluding hydrogens is 372 g/mol. The number of rotatable bonds is 3. The minimum Gasteiger partial charge on any atom is -0.383 e. The molecule has 2 amide bonds. The summed E-state index contributed by atoms with van der Waals surface area (Å²) in [5.74, 6) is -0.390. The smallest absolute Gasteiger partial charge is 0.232 e. The van der Waals surface area contributed by atoms with Gasteiger partial charge in [-0.3, -0.25) is 9.59 Å². The number of ether oxygens (including phenoxy) is 1. The number of anilines is 4. The lowest BCUT2D eigenvalue weighted by atomic mass is 9.91. The number of carbonyl (C=O) groups excluding carboxylic acids is 2. The topological polar surface area (TPSA) is 122 Å². The monoisotopic (exact) mass is 396 g/mol. The lowest BCUT2D eigenvalue weighted by Crippen LogP contribution is -2.38. The van der Waals surface area contributed by atoms with Crippen LogP contribution in [0.15, 0.2) is 18.2 Å². The Hall–Kier alpha value is -3.20. The SMILES string of the molecule is Cc1ccc(NC(=O)[C@@H]2CC(=O)Nc3nc(N4CCOCC4)nc(N)c32)c(C)c1. The number of benzene rings is 1. The third-order valence-corrected chi connectivity index (χ3v) is 5.21. The fourth-order valence-electron chi connectivity index (χ4n) is 3.69. The average molecular weight is 396 g/mol. The van der Waals surface area contributed by atoms with Gasteiger partial charge in [-0.2, -0.15) is 9.97 Å². The zero-order valence-corrected chi connectivity index (χ0v) is 16.5. The first-order valence-corrected chi connectivity index (χ1v) is 9.60. The number of aryl methyl sites for hydroxylation is 2. The number of fused-ring (bicyclic) bond motifs is 1. The molecule has 9 nitrogen and oxygen atoms in total. The molecule has 0 saturated carbocycles. The molecule has 0 spiro atoms. The van der Waals surface area contributed by atoms with Crippen molar-refractivity contribution in [2.75, 3.05) is 47.6 Å². The second kappa shape index (κ2) is 7.67. The zero-order chi connectivity index (χ0) is 20.5. The number of nitrogens with zero attached hydrogens (tertiary/aromatic N) is 3. The lowest BCUT2D eigenvalue weighted by molar-refractivity contribution is -0.123. The van der Waals surface area contributed by atoms with E-state index in [1.807, 2.05) is 36.9 Å². The van der Waals surface area contributed by atoms with E-state index in [4.69, 9.17) is 10.5 Å². The van der Waals surface area contributed by atoms with Crippen molar-refractivity contribution in [3.63, 3.8) is 0 Å². The molecule has 0 radical (unpaired) electrons. The molecule has 29 heavy (non-hydrogen) atoms. The van der Waals surface area contributed by atoms with E-state index in [0.29, 0.717) is 49.3 Å². The highest BCUT2D eigenvalue weighted by Gasteiger charge is 2.35. The van der Waals surface area contributed by atoms with Gasteiger partial charge < -0.3 is 26.0 Å². The van der Waals surface area contributed by atoms with Gasteiger partial charge in [0.15, 0.2) is 0 Å². The first-order chi connectivity index (χ1) is 13.9. The van der Waals surface area contributed by atoms with Crippen LogP contribution in [0, 0.1) is 13.8 Å². The molecule has 1 saturated heterocycles. The summed E-state index contributed by atoms with van der Waals surface area (Å²) < 4.78 is 5.35. The summed E-state index contributed by atoms with van der Waals surface area (Å²) >= 11 is 0. The number of amides is 2. The molecule has 1 fully saturated rings. The number of carbonyl (C=O) groups is 2. The standard InChI is InChI=1S/C20H24N6O3/c1-11-3-4-14(12(2)9-11)22-19(28)13-10-15(27)23-18-16(13)17(21)24-20(25-18)26-5-7-29-8-6-26/h3-4,9,13H,5-8,10H2,1-2H3,(H,22,28)(H3,21,23,24,25,27)/t13-/m1/s1. The van der Waals surface area contributed by atoms with Crippen LogP contribution in [-0.4, -0.2) is 48.1 Å². The number of aromatic nitrogens is 2. The van der Waals surface area contributed by atoms with Gasteiger partial charge in [0.25, 0.3) is 0 Å². The van der Waals surface area contributed by atoms with Gasteiger partial charge in [0, 0.05) is 25.2 Å². The molecule has 0 aliphatic carbocycles. The van der Waals surface area contributed by atoms with Gasteiger partial charge in [0.05, 0.1) is 24.7 Å². The molecule has 1 aromatic heterocycles.